The second-order valence-corrected chi connectivity index (χ2v) is 8.08. The molecule has 4 rings (SSSR count). The number of anilines is 2. The van der Waals surface area contributed by atoms with Crippen molar-refractivity contribution in [2.45, 2.75) is 45.6 Å². The zero-order valence-electron chi connectivity index (χ0n) is 16.3. The number of hydrogen-bond acceptors (Lipinski definition) is 5. The van der Waals surface area contributed by atoms with E-state index in [9.17, 15) is 13.2 Å². The van der Waals surface area contributed by atoms with Gasteiger partial charge in [0.15, 0.2) is 0 Å². The minimum Gasteiger partial charge on any atom is -0.372 e. The Hall–Kier alpha value is -2.09. The fourth-order valence-corrected chi connectivity index (χ4v) is 4.13. The third-order valence-corrected chi connectivity index (χ3v) is 5.42. The van der Waals surface area contributed by atoms with Gasteiger partial charge in [-0.1, -0.05) is 6.92 Å². The van der Waals surface area contributed by atoms with Crippen LogP contribution in [-0.4, -0.2) is 48.4 Å². The van der Waals surface area contributed by atoms with Gasteiger partial charge in [-0.3, -0.25) is 0 Å². The van der Waals surface area contributed by atoms with Gasteiger partial charge < -0.3 is 14.5 Å². The molecular weight excluding hydrogens is 369 g/mol. The van der Waals surface area contributed by atoms with Crippen LogP contribution >= 0.6 is 0 Å². The fraction of sp³-hybridized carbons (Fsp3) is 0.600. The summed E-state index contributed by atoms with van der Waals surface area (Å²) in [5, 5.41) is 0.644. The summed E-state index contributed by atoms with van der Waals surface area (Å²) in [6, 6.07) is 3.74. The minimum absolute atomic E-state index is 0.0264. The highest BCUT2D eigenvalue weighted by molar-refractivity contribution is 5.91. The molecule has 5 nitrogen and oxygen atoms in total. The Balaban J connectivity index is 1.83. The molecular formula is C20H25F3N4O. The molecule has 0 radical (unpaired) electrons. The van der Waals surface area contributed by atoms with Gasteiger partial charge in [0.2, 0.25) is 5.95 Å². The molecule has 0 N–H and O–H groups in total. The predicted octanol–water partition coefficient (Wildman–Crippen LogP) is 4.11. The molecule has 3 heterocycles. The molecule has 1 aromatic carbocycles. The summed E-state index contributed by atoms with van der Waals surface area (Å²) in [4.78, 5) is 13.5. The first-order valence-electron chi connectivity index (χ1n) is 9.75. The average molecular weight is 394 g/mol. The molecule has 152 valence electrons. The predicted molar refractivity (Wildman–Crippen MR) is 103 cm³/mol. The standard InChI is InChI=1S/C20H25F3N4O/c1-12-6-7-26(9-12)19-24-17-8-15(20(21,22)23)4-5-16(17)18(25-19)27-10-13(2)28-14(3)11-27/h4-5,8,12-14H,6-7,9-11H2,1-3H3/t12?,13-,14+. The second-order valence-electron chi connectivity index (χ2n) is 8.08. The molecule has 28 heavy (non-hydrogen) atoms. The maximum Gasteiger partial charge on any atom is 0.416 e. The number of morpholine rings is 1. The maximum absolute atomic E-state index is 13.2. The lowest BCUT2D eigenvalue weighted by molar-refractivity contribution is -0.137. The Labute approximate surface area is 162 Å². The highest BCUT2D eigenvalue weighted by Crippen LogP contribution is 2.35. The number of halogens is 3. The first-order valence-corrected chi connectivity index (χ1v) is 9.75. The van der Waals surface area contributed by atoms with Crippen molar-refractivity contribution in [2.75, 3.05) is 36.0 Å². The van der Waals surface area contributed by atoms with Crippen molar-refractivity contribution in [3.8, 4) is 0 Å². The van der Waals surface area contributed by atoms with E-state index in [1.807, 2.05) is 13.8 Å². The highest BCUT2D eigenvalue weighted by Gasteiger charge is 2.32. The molecule has 8 heteroatoms. The van der Waals surface area contributed by atoms with Crippen molar-refractivity contribution < 1.29 is 17.9 Å². The van der Waals surface area contributed by atoms with E-state index in [-0.39, 0.29) is 12.2 Å². The van der Waals surface area contributed by atoms with Crippen LogP contribution in [0.1, 0.15) is 32.8 Å². The molecule has 0 saturated carbocycles. The number of alkyl halides is 3. The number of ether oxygens (including phenoxy) is 1. The molecule has 2 aromatic rings. The molecule has 0 aliphatic carbocycles. The van der Waals surface area contributed by atoms with Crippen LogP contribution < -0.4 is 9.80 Å². The van der Waals surface area contributed by atoms with Crippen LogP contribution in [0.3, 0.4) is 0 Å². The lowest BCUT2D eigenvalue weighted by Gasteiger charge is -2.36. The van der Waals surface area contributed by atoms with E-state index < -0.39 is 11.7 Å². The van der Waals surface area contributed by atoms with Gasteiger partial charge in [-0.15, -0.1) is 0 Å². The molecule has 2 aliphatic heterocycles. The topological polar surface area (TPSA) is 41.5 Å². The van der Waals surface area contributed by atoms with Gasteiger partial charge in [-0.2, -0.15) is 18.2 Å². The Morgan fingerprint density at radius 2 is 1.71 bits per heavy atom. The van der Waals surface area contributed by atoms with E-state index in [0.717, 1.165) is 31.6 Å². The summed E-state index contributed by atoms with van der Waals surface area (Å²) in [5.41, 5.74) is -0.352. The van der Waals surface area contributed by atoms with Crippen molar-refractivity contribution in [2.24, 2.45) is 5.92 Å². The number of nitrogens with zero attached hydrogens (tertiary/aromatic N) is 4. The second kappa shape index (κ2) is 7.06. The Morgan fingerprint density at radius 3 is 2.32 bits per heavy atom. The molecule has 1 aromatic heterocycles. The van der Waals surface area contributed by atoms with E-state index in [0.29, 0.717) is 41.7 Å². The molecule has 3 atom stereocenters. The van der Waals surface area contributed by atoms with Crippen molar-refractivity contribution >= 4 is 22.7 Å². The van der Waals surface area contributed by atoms with Crippen LogP contribution in [-0.2, 0) is 10.9 Å². The van der Waals surface area contributed by atoms with Gasteiger partial charge in [0.05, 0.1) is 23.3 Å². The Kier molecular flexibility index (Phi) is 4.85. The summed E-state index contributed by atoms with van der Waals surface area (Å²) in [6.07, 6.45) is -3.31. The molecule has 2 aliphatic rings. The van der Waals surface area contributed by atoms with Crippen LogP contribution in [0, 0.1) is 5.92 Å². The Morgan fingerprint density at radius 1 is 1.00 bits per heavy atom. The smallest absolute Gasteiger partial charge is 0.372 e. The molecule has 0 spiro atoms. The van der Waals surface area contributed by atoms with Crippen LogP contribution in [0.25, 0.3) is 10.9 Å². The van der Waals surface area contributed by atoms with Crippen LogP contribution in [0.2, 0.25) is 0 Å². The first-order chi connectivity index (χ1) is 13.2. The number of rotatable bonds is 2. The van der Waals surface area contributed by atoms with Crippen molar-refractivity contribution in [1.82, 2.24) is 9.97 Å². The van der Waals surface area contributed by atoms with Gasteiger partial charge in [0, 0.05) is 31.6 Å². The SMILES string of the molecule is CC1CCN(c2nc(N3C[C@@H](C)O[C@@H](C)C3)c3ccc(C(F)(F)F)cc3n2)C1. The number of aromatic nitrogens is 2. The average Bonchev–Trinajstić information content (AvgIpc) is 3.05. The number of benzene rings is 1. The monoisotopic (exact) mass is 394 g/mol. The fourth-order valence-electron chi connectivity index (χ4n) is 4.13. The summed E-state index contributed by atoms with van der Waals surface area (Å²) in [7, 11) is 0. The molecule has 0 amide bonds. The Bertz CT molecular complexity index is 862. The molecule has 2 saturated heterocycles. The normalized spacial score (nSPS) is 26.3. The van der Waals surface area contributed by atoms with Crippen molar-refractivity contribution in [3.63, 3.8) is 0 Å². The zero-order valence-corrected chi connectivity index (χ0v) is 16.3. The van der Waals surface area contributed by atoms with E-state index in [1.54, 1.807) is 0 Å². The summed E-state index contributed by atoms with van der Waals surface area (Å²) in [6.45, 7) is 9.09. The van der Waals surface area contributed by atoms with Gasteiger partial charge in [0.25, 0.3) is 0 Å². The van der Waals surface area contributed by atoms with Gasteiger partial charge in [-0.25, -0.2) is 4.98 Å². The van der Waals surface area contributed by atoms with Gasteiger partial charge in [0.1, 0.15) is 5.82 Å². The highest BCUT2D eigenvalue weighted by atomic mass is 19.4. The van der Waals surface area contributed by atoms with E-state index in [4.69, 9.17) is 9.72 Å². The van der Waals surface area contributed by atoms with E-state index >= 15 is 0 Å². The third kappa shape index (κ3) is 3.74. The summed E-state index contributed by atoms with van der Waals surface area (Å²) >= 11 is 0. The van der Waals surface area contributed by atoms with E-state index in [1.165, 1.54) is 6.07 Å². The molecule has 1 unspecified atom stereocenters. The first kappa shape index (κ1) is 19.2. The quantitative estimate of drug-likeness (QED) is 0.767. The molecule has 0 bridgehead atoms. The van der Waals surface area contributed by atoms with Gasteiger partial charge >= 0.3 is 6.18 Å². The zero-order chi connectivity index (χ0) is 20.1. The lowest BCUT2D eigenvalue weighted by Crippen LogP contribution is -2.46. The maximum atomic E-state index is 13.2. The molecule has 2 fully saturated rings. The van der Waals surface area contributed by atoms with Crippen LogP contribution in [0.5, 0.6) is 0 Å². The van der Waals surface area contributed by atoms with Gasteiger partial charge in [-0.05, 0) is 44.4 Å². The van der Waals surface area contributed by atoms with Crippen LogP contribution in [0.15, 0.2) is 18.2 Å². The van der Waals surface area contributed by atoms with Crippen molar-refractivity contribution in [1.29, 1.82) is 0 Å². The summed E-state index contributed by atoms with van der Waals surface area (Å²) in [5.74, 6) is 1.72. The van der Waals surface area contributed by atoms with Crippen molar-refractivity contribution in [3.05, 3.63) is 23.8 Å². The summed E-state index contributed by atoms with van der Waals surface area (Å²) < 4.78 is 45.5. The number of fused-ring (bicyclic) bond motifs is 1. The van der Waals surface area contributed by atoms with E-state index in [2.05, 4.69) is 21.7 Å². The lowest BCUT2D eigenvalue weighted by atomic mass is 10.1. The largest absolute Gasteiger partial charge is 0.416 e. The van der Waals surface area contributed by atoms with Crippen LogP contribution in [0.4, 0.5) is 24.9 Å². The third-order valence-electron chi connectivity index (χ3n) is 5.42. The minimum atomic E-state index is -4.40. The number of hydrogen-bond donors (Lipinski definition) is 0.